The van der Waals surface area contributed by atoms with Gasteiger partial charge >= 0.3 is 0 Å². The molecule has 3 N–H and O–H groups in total. The molecule has 1 unspecified atom stereocenters. The third kappa shape index (κ3) is 4.28. The molecule has 2 rings (SSSR count). The number of halogens is 1. The lowest BCUT2D eigenvalue weighted by Gasteiger charge is -2.19. The van der Waals surface area contributed by atoms with E-state index in [0.29, 0.717) is 13.0 Å². The SMILES string of the molecule is Cc1cccc(OCCC(NN)c2ccc(F)cc2C)c1. The van der Waals surface area contributed by atoms with Crippen molar-refractivity contribution in [2.75, 3.05) is 6.61 Å². The standard InChI is InChI=1S/C17H21FN2O/c1-12-4-3-5-15(10-12)21-9-8-17(20-19)16-7-6-14(18)11-13(16)2/h3-7,10-11,17,20H,8-9,19H2,1-2H3. The van der Waals surface area contributed by atoms with Gasteiger partial charge in [0.05, 0.1) is 6.61 Å². The topological polar surface area (TPSA) is 47.3 Å². The minimum absolute atomic E-state index is 0.0598. The lowest BCUT2D eigenvalue weighted by molar-refractivity contribution is 0.287. The molecule has 0 spiro atoms. The number of aryl methyl sites for hydroxylation is 2. The molecule has 0 fully saturated rings. The minimum Gasteiger partial charge on any atom is -0.494 e. The van der Waals surface area contributed by atoms with E-state index in [1.165, 1.54) is 12.1 Å². The maximum absolute atomic E-state index is 13.1. The fraction of sp³-hybridized carbons (Fsp3) is 0.294. The third-order valence-corrected chi connectivity index (χ3v) is 3.47. The van der Waals surface area contributed by atoms with E-state index in [9.17, 15) is 4.39 Å². The Hall–Kier alpha value is -1.91. The van der Waals surface area contributed by atoms with Crippen molar-refractivity contribution in [3.63, 3.8) is 0 Å². The zero-order chi connectivity index (χ0) is 15.2. The van der Waals surface area contributed by atoms with Crippen LogP contribution in [0.15, 0.2) is 42.5 Å². The van der Waals surface area contributed by atoms with Crippen LogP contribution in [-0.4, -0.2) is 6.61 Å². The Bertz CT molecular complexity index is 601. The Labute approximate surface area is 124 Å². The Morgan fingerprint density at radius 1 is 1.19 bits per heavy atom. The van der Waals surface area contributed by atoms with Crippen LogP contribution in [-0.2, 0) is 0 Å². The predicted octanol–water partition coefficient (Wildman–Crippen LogP) is 3.42. The zero-order valence-electron chi connectivity index (χ0n) is 12.4. The second kappa shape index (κ2) is 7.20. The normalized spacial score (nSPS) is 12.2. The maximum atomic E-state index is 13.1. The molecular formula is C17H21FN2O. The lowest BCUT2D eigenvalue weighted by Crippen LogP contribution is -2.29. The van der Waals surface area contributed by atoms with Gasteiger partial charge in [-0.05, 0) is 54.8 Å². The summed E-state index contributed by atoms with van der Waals surface area (Å²) >= 11 is 0. The number of benzene rings is 2. The molecule has 0 aliphatic heterocycles. The fourth-order valence-electron chi connectivity index (χ4n) is 2.36. The number of hydrogen-bond donors (Lipinski definition) is 2. The van der Waals surface area contributed by atoms with Crippen molar-refractivity contribution in [2.45, 2.75) is 26.3 Å². The molecule has 21 heavy (non-hydrogen) atoms. The van der Waals surface area contributed by atoms with Crippen LogP contribution in [0, 0.1) is 19.7 Å². The first-order valence-corrected chi connectivity index (χ1v) is 7.02. The van der Waals surface area contributed by atoms with E-state index in [1.807, 2.05) is 38.1 Å². The van der Waals surface area contributed by atoms with Gasteiger partial charge in [-0.25, -0.2) is 4.39 Å². The Morgan fingerprint density at radius 3 is 2.67 bits per heavy atom. The van der Waals surface area contributed by atoms with Gasteiger partial charge in [0.15, 0.2) is 0 Å². The molecule has 112 valence electrons. The van der Waals surface area contributed by atoms with Crippen LogP contribution in [0.5, 0.6) is 5.75 Å². The number of ether oxygens (including phenoxy) is 1. The molecule has 3 nitrogen and oxygen atoms in total. The molecule has 2 aromatic rings. The van der Waals surface area contributed by atoms with Gasteiger partial charge in [0, 0.05) is 12.5 Å². The van der Waals surface area contributed by atoms with Crippen LogP contribution in [0.3, 0.4) is 0 Å². The van der Waals surface area contributed by atoms with Crippen LogP contribution >= 0.6 is 0 Å². The second-order valence-electron chi connectivity index (χ2n) is 5.17. The highest BCUT2D eigenvalue weighted by Gasteiger charge is 2.13. The van der Waals surface area contributed by atoms with Gasteiger partial charge in [0.2, 0.25) is 0 Å². The quantitative estimate of drug-likeness (QED) is 0.632. The highest BCUT2D eigenvalue weighted by Crippen LogP contribution is 2.21. The molecule has 0 saturated carbocycles. The van der Waals surface area contributed by atoms with E-state index in [-0.39, 0.29) is 11.9 Å². The summed E-state index contributed by atoms with van der Waals surface area (Å²) in [5.41, 5.74) is 5.81. The number of hydrazine groups is 1. The molecule has 0 aromatic heterocycles. The van der Waals surface area contributed by atoms with Gasteiger partial charge < -0.3 is 4.74 Å². The summed E-state index contributed by atoms with van der Waals surface area (Å²) in [5.74, 6) is 6.23. The van der Waals surface area contributed by atoms with Crippen LogP contribution in [0.1, 0.15) is 29.2 Å². The average molecular weight is 288 g/mol. The largest absolute Gasteiger partial charge is 0.494 e. The van der Waals surface area contributed by atoms with Gasteiger partial charge in [-0.1, -0.05) is 18.2 Å². The summed E-state index contributed by atoms with van der Waals surface area (Å²) in [6, 6.07) is 12.6. The summed E-state index contributed by atoms with van der Waals surface area (Å²) < 4.78 is 18.9. The average Bonchev–Trinajstić information content (AvgIpc) is 2.45. The summed E-state index contributed by atoms with van der Waals surface area (Å²) in [4.78, 5) is 0. The van der Waals surface area contributed by atoms with Gasteiger partial charge in [-0.3, -0.25) is 11.3 Å². The van der Waals surface area contributed by atoms with E-state index in [1.54, 1.807) is 6.07 Å². The molecule has 0 radical (unpaired) electrons. The van der Waals surface area contributed by atoms with Crippen LogP contribution in [0.25, 0.3) is 0 Å². The molecule has 1 atom stereocenters. The van der Waals surface area contributed by atoms with E-state index in [2.05, 4.69) is 5.43 Å². The van der Waals surface area contributed by atoms with Crippen molar-refractivity contribution in [1.82, 2.24) is 5.43 Å². The first-order chi connectivity index (χ1) is 10.1. The summed E-state index contributed by atoms with van der Waals surface area (Å²) in [5, 5.41) is 0. The molecule has 2 aromatic carbocycles. The number of hydrogen-bond acceptors (Lipinski definition) is 3. The molecule has 0 aliphatic rings. The Balaban J connectivity index is 1.96. The van der Waals surface area contributed by atoms with E-state index in [0.717, 1.165) is 22.4 Å². The minimum atomic E-state index is -0.233. The van der Waals surface area contributed by atoms with Crippen molar-refractivity contribution in [3.8, 4) is 5.75 Å². The van der Waals surface area contributed by atoms with Crippen LogP contribution in [0.4, 0.5) is 4.39 Å². The molecule has 0 bridgehead atoms. The second-order valence-corrected chi connectivity index (χ2v) is 5.17. The zero-order valence-corrected chi connectivity index (χ0v) is 12.4. The Morgan fingerprint density at radius 2 is 2.00 bits per heavy atom. The molecule has 0 aliphatic carbocycles. The third-order valence-electron chi connectivity index (χ3n) is 3.47. The summed E-state index contributed by atoms with van der Waals surface area (Å²) in [7, 11) is 0. The van der Waals surface area contributed by atoms with Crippen molar-refractivity contribution in [2.24, 2.45) is 5.84 Å². The molecule has 0 saturated heterocycles. The highest BCUT2D eigenvalue weighted by molar-refractivity contribution is 5.30. The Kier molecular flexibility index (Phi) is 5.31. The highest BCUT2D eigenvalue weighted by atomic mass is 19.1. The molecule has 4 heteroatoms. The van der Waals surface area contributed by atoms with E-state index < -0.39 is 0 Å². The smallest absolute Gasteiger partial charge is 0.123 e. The maximum Gasteiger partial charge on any atom is 0.123 e. The van der Waals surface area contributed by atoms with Gasteiger partial charge in [0.1, 0.15) is 11.6 Å². The molecule has 0 amide bonds. The van der Waals surface area contributed by atoms with Crippen molar-refractivity contribution >= 4 is 0 Å². The van der Waals surface area contributed by atoms with E-state index in [4.69, 9.17) is 10.6 Å². The number of nitrogens with two attached hydrogens (primary N) is 1. The predicted molar refractivity (Wildman–Crippen MR) is 82.5 cm³/mol. The number of rotatable bonds is 6. The monoisotopic (exact) mass is 288 g/mol. The van der Waals surface area contributed by atoms with Gasteiger partial charge in [-0.2, -0.15) is 0 Å². The summed E-state index contributed by atoms with van der Waals surface area (Å²) in [6.07, 6.45) is 0.705. The lowest BCUT2D eigenvalue weighted by atomic mass is 9.99. The first-order valence-electron chi connectivity index (χ1n) is 7.02. The van der Waals surface area contributed by atoms with Crippen molar-refractivity contribution in [1.29, 1.82) is 0 Å². The van der Waals surface area contributed by atoms with Crippen LogP contribution < -0.4 is 16.0 Å². The van der Waals surface area contributed by atoms with Gasteiger partial charge in [-0.15, -0.1) is 0 Å². The van der Waals surface area contributed by atoms with Gasteiger partial charge in [0.25, 0.3) is 0 Å². The molecular weight excluding hydrogens is 267 g/mol. The van der Waals surface area contributed by atoms with Crippen LogP contribution in [0.2, 0.25) is 0 Å². The van der Waals surface area contributed by atoms with Crippen molar-refractivity contribution in [3.05, 3.63) is 65.0 Å². The molecule has 0 heterocycles. The summed E-state index contributed by atoms with van der Waals surface area (Å²) in [6.45, 7) is 4.44. The number of nitrogens with one attached hydrogen (secondary N) is 1. The fourth-order valence-corrected chi connectivity index (χ4v) is 2.36. The van der Waals surface area contributed by atoms with E-state index >= 15 is 0 Å². The first kappa shape index (κ1) is 15.5. The van der Waals surface area contributed by atoms with Crippen molar-refractivity contribution < 1.29 is 9.13 Å².